The van der Waals surface area contributed by atoms with E-state index in [1.807, 2.05) is 6.92 Å². The van der Waals surface area contributed by atoms with Gasteiger partial charge < -0.3 is 14.4 Å². The molecule has 4 heterocycles. The number of carbonyl (C=O) groups is 1. The van der Waals surface area contributed by atoms with Crippen LogP contribution in [0.25, 0.3) is 5.78 Å². The molecule has 0 spiro atoms. The fourth-order valence-electron chi connectivity index (χ4n) is 2.72. The predicted octanol–water partition coefficient (Wildman–Crippen LogP) is 0.740. The second kappa shape index (κ2) is 6.00. The minimum absolute atomic E-state index is 0.110. The smallest absolute Gasteiger partial charge is 0.259 e. The first-order valence-electron chi connectivity index (χ1n) is 7.78. The van der Waals surface area contributed by atoms with Gasteiger partial charge in [0, 0.05) is 18.0 Å². The number of nitrogens with zero attached hydrogens (tertiary/aromatic N) is 6. The number of likely N-dealkylation sites (tertiary alicyclic amines) is 1. The first-order valence-corrected chi connectivity index (χ1v) is 7.78. The van der Waals surface area contributed by atoms with E-state index in [1.165, 1.54) is 13.4 Å². The van der Waals surface area contributed by atoms with Crippen molar-refractivity contribution in [3.05, 3.63) is 42.0 Å². The number of aryl methyl sites for hydroxylation is 1. The van der Waals surface area contributed by atoms with Gasteiger partial charge in [-0.2, -0.15) is 14.6 Å². The topological polar surface area (TPSA) is 94.7 Å². The summed E-state index contributed by atoms with van der Waals surface area (Å²) in [5.74, 6) is 1.26. The summed E-state index contributed by atoms with van der Waals surface area (Å²) in [4.78, 5) is 26.6. The standard InChI is InChI=1S/C16H16N6O3/c1-10-6-13(22-16(20-10)18-9-19-22)25-11-7-21(8-11)15(23)12-4-3-5-17-14(12)24-2/h3-6,9,11H,7-8H2,1-2H3. The molecule has 9 heteroatoms. The van der Waals surface area contributed by atoms with Crippen molar-refractivity contribution in [1.82, 2.24) is 29.5 Å². The van der Waals surface area contributed by atoms with Gasteiger partial charge in [0.2, 0.25) is 11.8 Å². The minimum Gasteiger partial charge on any atom is -0.480 e. The van der Waals surface area contributed by atoms with E-state index in [9.17, 15) is 4.79 Å². The molecule has 4 rings (SSSR count). The fourth-order valence-corrected chi connectivity index (χ4v) is 2.72. The van der Waals surface area contributed by atoms with Gasteiger partial charge in [0.1, 0.15) is 18.0 Å². The van der Waals surface area contributed by atoms with Gasteiger partial charge in [-0.1, -0.05) is 0 Å². The van der Waals surface area contributed by atoms with Crippen molar-refractivity contribution in [3.63, 3.8) is 0 Å². The summed E-state index contributed by atoms with van der Waals surface area (Å²) in [5.41, 5.74) is 1.24. The van der Waals surface area contributed by atoms with E-state index >= 15 is 0 Å². The minimum atomic E-state index is -0.124. The van der Waals surface area contributed by atoms with Crippen LogP contribution in [-0.4, -0.2) is 61.7 Å². The van der Waals surface area contributed by atoms with E-state index in [2.05, 4.69) is 20.1 Å². The van der Waals surface area contributed by atoms with Crippen molar-refractivity contribution in [2.75, 3.05) is 20.2 Å². The highest BCUT2D eigenvalue weighted by molar-refractivity contribution is 5.96. The molecule has 0 aliphatic carbocycles. The normalized spacial score (nSPS) is 14.4. The van der Waals surface area contributed by atoms with Gasteiger partial charge in [0.15, 0.2) is 0 Å². The maximum Gasteiger partial charge on any atom is 0.259 e. The van der Waals surface area contributed by atoms with E-state index in [4.69, 9.17) is 9.47 Å². The largest absolute Gasteiger partial charge is 0.480 e. The Bertz CT molecular complexity index is 935. The fraction of sp³-hybridized carbons (Fsp3) is 0.312. The molecular formula is C16H16N6O3. The third-order valence-electron chi connectivity index (χ3n) is 3.96. The number of pyridine rings is 1. The van der Waals surface area contributed by atoms with Gasteiger partial charge in [-0.05, 0) is 19.1 Å². The lowest BCUT2D eigenvalue weighted by atomic mass is 10.1. The number of aromatic nitrogens is 5. The third-order valence-corrected chi connectivity index (χ3v) is 3.96. The average Bonchev–Trinajstić information content (AvgIpc) is 3.05. The molecule has 0 unspecified atom stereocenters. The quantitative estimate of drug-likeness (QED) is 0.691. The average molecular weight is 340 g/mol. The summed E-state index contributed by atoms with van der Waals surface area (Å²) in [7, 11) is 1.50. The van der Waals surface area contributed by atoms with Gasteiger partial charge >= 0.3 is 0 Å². The maximum absolute atomic E-state index is 12.5. The lowest BCUT2D eigenvalue weighted by Gasteiger charge is -2.38. The Morgan fingerprint density at radius 1 is 1.32 bits per heavy atom. The van der Waals surface area contributed by atoms with E-state index in [0.29, 0.717) is 36.2 Å². The van der Waals surface area contributed by atoms with Gasteiger partial charge in [-0.3, -0.25) is 4.79 Å². The number of hydrogen-bond donors (Lipinski definition) is 0. The van der Waals surface area contributed by atoms with E-state index in [-0.39, 0.29) is 12.0 Å². The van der Waals surface area contributed by atoms with Crippen molar-refractivity contribution in [2.24, 2.45) is 0 Å². The summed E-state index contributed by atoms with van der Waals surface area (Å²) >= 11 is 0. The number of fused-ring (bicyclic) bond motifs is 1. The van der Waals surface area contributed by atoms with Crippen molar-refractivity contribution >= 4 is 11.7 Å². The number of ether oxygens (including phenoxy) is 2. The lowest BCUT2D eigenvalue weighted by molar-refractivity contribution is 0.0148. The molecule has 3 aromatic heterocycles. The van der Waals surface area contributed by atoms with Crippen LogP contribution in [0.15, 0.2) is 30.7 Å². The van der Waals surface area contributed by atoms with E-state index in [0.717, 1.165) is 5.69 Å². The van der Waals surface area contributed by atoms with Gasteiger partial charge in [0.05, 0.1) is 20.2 Å². The van der Waals surface area contributed by atoms with Gasteiger partial charge in [0.25, 0.3) is 11.7 Å². The molecule has 0 aromatic carbocycles. The van der Waals surface area contributed by atoms with E-state index in [1.54, 1.807) is 33.8 Å². The predicted molar refractivity (Wildman–Crippen MR) is 86.6 cm³/mol. The Hall–Kier alpha value is -3.23. The van der Waals surface area contributed by atoms with Crippen LogP contribution in [0.2, 0.25) is 0 Å². The third kappa shape index (κ3) is 2.73. The van der Waals surface area contributed by atoms with Gasteiger partial charge in [-0.15, -0.1) is 0 Å². The number of carbonyl (C=O) groups excluding carboxylic acids is 1. The molecule has 25 heavy (non-hydrogen) atoms. The number of hydrogen-bond acceptors (Lipinski definition) is 7. The first-order chi connectivity index (χ1) is 12.2. The summed E-state index contributed by atoms with van der Waals surface area (Å²) in [6.07, 6.45) is 2.91. The lowest BCUT2D eigenvalue weighted by Crippen LogP contribution is -2.56. The van der Waals surface area contributed by atoms with Crippen LogP contribution < -0.4 is 9.47 Å². The highest BCUT2D eigenvalue weighted by atomic mass is 16.5. The summed E-state index contributed by atoms with van der Waals surface area (Å²) < 4.78 is 12.6. The van der Waals surface area contributed by atoms with Gasteiger partial charge in [-0.25, -0.2) is 9.97 Å². The van der Waals surface area contributed by atoms with Crippen LogP contribution in [-0.2, 0) is 0 Å². The second-order valence-corrected chi connectivity index (χ2v) is 5.72. The molecule has 0 N–H and O–H groups in total. The van der Waals surface area contributed by atoms with Crippen LogP contribution in [0.3, 0.4) is 0 Å². The number of amides is 1. The Morgan fingerprint density at radius 3 is 2.96 bits per heavy atom. The number of methoxy groups -OCH3 is 1. The molecule has 0 atom stereocenters. The molecule has 0 saturated carbocycles. The Morgan fingerprint density at radius 2 is 2.16 bits per heavy atom. The molecule has 9 nitrogen and oxygen atoms in total. The van der Waals surface area contributed by atoms with Crippen LogP contribution in [0, 0.1) is 6.92 Å². The zero-order valence-electron chi connectivity index (χ0n) is 13.8. The second-order valence-electron chi connectivity index (χ2n) is 5.72. The molecule has 128 valence electrons. The van der Waals surface area contributed by atoms with Crippen LogP contribution in [0.1, 0.15) is 16.1 Å². The summed E-state index contributed by atoms with van der Waals surface area (Å²) in [6.45, 7) is 2.83. The van der Waals surface area contributed by atoms with Crippen molar-refractivity contribution < 1.29 is 14.3 Å². The SMILES string of the molecule is COc1ncccc1C(=O)N1CC(Oc2cc(C)nc3ncnn23)C1. The molecular weight excluding hydrogens is 324 g/mol. The molecule has 1 fully saturated rings. The van der Waals surface area contributed by atoms with Crippen LogP contribution in [0.5, 0.6) is 11.8 Å². The van der Waals surface area contributed by atoms with E-state index < -0.39 is 0 Å². The first kappa shape index (κ1) is 15.3. The monoisotopic (exact) mass is 340 g/mol. The summed E-state index contributed by atoms with van der Waals surface area (Å²) in [6, 6.07) is 5.22. The van der Waals surface area contributed by atoms with Crippen LogP contribution >= 0.6 is 0 Å². The summed E-state index contributed by atoms with van der Waals surface area (Å²) in [5, 5.41) is 4.11. The molecule has 0 radical (unpaired) electrons. The number of rotatable bonds is 4. The van der Waals surface area contributed by atoms with Crippen molar-refractivity contribution in [2.45, 2.75) is 13.0 Å². The molecule has 1 saturated heterocycles. The van der Waals surface area contributed by atoms with Crippen molar-refractivity contribution in [3.8, 4) is 11.8 Å². The Labute approximate surface area is 143 Å². The highest BCUT2D eigenvalue weighted by Gasteiger charge is 2.34. The molecule has 0 bridgehead atoms. The molecule has 3 aromatic rings. The Balaban J connectivity index is 1.45. The maximum atomic E-state index is 12.5. The van der Waals surface area contributed by atoms with Crippen LogP contribution in [0.4, 0.5) is 0 Å². The highest BCUT2D eigenvalue weighted by Crippen LogP contribution is 2.23. The molecule has 1 amide bonds. The molecule has 1 aliphatic rings. The molecule has 1 aliphatic heterocycles. The van der Waals surface area contributed by atoms with Crippen molar-refractivity contribution in [1.29, 1.82) is 0 Å². The zero-order chi connectivity index (χ0) is 17.4. The zero-order valence-corrected chi connectivity index (χ0v) is 13.8. The Kier molecular flexibility index (Phi) is 3.68.